The Morgan fingerprint density at radius 3 is 2.48 bits per heavy atom. The monoisotopic (exact) mass is 342 g/mol. The topological polar surface area (TPSA) is 69.6 Å². The maximum Gasteiger partial charge on any atom is 0.254 e. The minimum atomic E-state index is -0.545. The normalized spacial score (nSPS) is 15.0. The maximum atomic E-state index is 13.6. The Morgan fingerprint density at radius 1 is 1.08 bits per heavy atom. The van der Waals surface area contributed by atoms with Crippen molar-refractivity contribution in [1.82, 2.24) is 10.2 Å². The second kappa shape index (κ2) is 7.34. The van der Waals surface area contributed by atoms with E-state index in [0.29, 0.717) is 31.5 Å². The van der Waals surface area contributed by atoms with Crippen molar-refractivity contribution in [2.75, 3.05) is 13.1 Å². The summed E-state index contributed by atoms with van der Waals surface area (Å²) in [7, 11) is 0. The molecule has 0 aromatic heterocycles. The van der Waals surface area contributed by atoms with Crippen LogP contribution in [0.25, 0.3) is 0 Å². The smallest absolute Gasteiger partial charge is 0.254 e. The second-order valence-corrected chi connectivity index (χ2v) is 6.07. The Kier molecular flexibility index (Phi) is 4.97. The predicted octanol–water partition coefficient (Wildman–Crippen LogP) is 2.57. The van der Waals surface area contributed by atoms with Crippen molar-refractivity contribution in [1.29, 1.82) is 0 Å². The van der Waals surface area contributed by atoms with Gasteiger partial charge in [-0.3, -0.25) is 9.59 Å². The average Bonchev–Trinajstić information content (AvgIpc) is 2.62. The van der Waals surface area contributed by atoms with Crippen molar-refractivity contribution in [3.05, 3.63) is 65.5 Å². The number of benzene rings is 2. The van der Waals surface area contributed by atoms with E-state index in [9.17, 15) is 19.1 Å². The number of carbonyl (C=O) groups is 2. The minimum absolute atomic E-state index is 0.0285. The van der Waals surface area contributed by atoms with E-state index < -0.39 is 11.7 Å². The van der Waals surface area contributed by atoms with Crippen LogP contribution in [0, 0.1) is 5.82 Å². The molecule has 1 aliphatic heterocycles. The first kappa shape index (κ1) is 17.0. The summed E-state index contributed by atoms with van der Waals surface area (Å²) in [6.07, 6.45) is 1.20. The summed E-state index contributed by atoms with van der Waals surface area (Å²) in [4.78, 5) is 26.3. The molecule has 0 unspecified atom stereocenters. The number of amides is 2. The molecule has 0 bridgehead atoms. The zero-order valence-corrected chi connectivity index (χ0v) is 13.6. The fraction of sp³-hybridized carbons (Fsp3) is 0.263. The molecule has 1 saturated heterocycles. The highest BCUT2D eigenvalue weighted by molar-refractivity contribution is 5.95. The zero-order valence-electron chi connectivity index (χ0n) is 13.6. The summed E-state index contributed by atoms with van der Waals surface area (Å²) < 4.78 is 13.6. The second-order valence-electron chi connectivity index (χ2n) is 6.07. The highest BCUT2D eigenvalue weighted by Crippen LogP contribution is 2.17. The molecule has 5 nitrogen and oxygen atoms in total. The lowest BCUT2D eigenvalue weighted by Gasteiger charge is -2.32. The number of carbonyl (C=O) groups excluding carboxylic acids is 2. The maximum absolute atomic E-state index is 13.6. The van der Waals surface area contributed by atoms with Crippen LogP contribution in [0.2, 0.25) is 0 Å². The van der Waals surface area contributed by atoms with Crippen molar-refractivity contribution < 1.29 is 19.1 Å². The van der Waals surface area contributed by atoms with Crippen molar-refractivity contribution in [2.45, 2.75) is 18.9 Å². The number of aromatic hydroxyl groups is 1. The van der Waals surface area contributed by atoms with Crippen LogP contribution in [-0.2, 0) is 0 Å². The molecule has 6 heteroatoms. The highest BCUT2D eigenvalue weighted by atomic mass is 19.1. The molecule has 0 spiro atoms. The lowest BCUT2D eigenvalue weighted by molar-refractivity contribution is 0.0697. The molecule has 0 aliphatic carbocycles. The van der Waals surface area contributed by atoms with E-state index in [1.807, 2.05) is 0 Å². The molecule has 2 N–H and O–H groups in total. The van der Waals surface area contributed by atoms with Crippen molar-refractivity contribution in [2.24, 2.45) is 0 Å². The average molecular weight is 342 g/mol. The zero-order chi connectivity index (χ0) is 17.8. The van der Waals surface area contributed by atoms with Gasteiger partial charge in [0.05, 0.1) is 5.56 Å². The van der Waals surface area contributed by atoms with Gasteiger partial charge < -0.3 is 15.3 Å². The lowest BCUT2D eigenvalue weighted by Crippen LogP contribution is -2.46. The molecule has 1 fully saturated rings. The summed E-state index contributed by atoms with van der Waals surface area (Å²) in [5.41, 5.74) is 0.467. The molecular weight excluding hydrogens is 323 g/mol. The van der Waals surface area contributed by atoms with Gasteiger partial charge in [0.25, 0.3) is 11.8 Å². The van der Waals surface area contributed by atoms with Gasteiger partial charge in [-0.1, -0.05) is 18.2 Å². The number of hydrogen-bond acceptors (Lipinski definition) is 3. The van der Waals surface area contributed by atoms with E-state index in [-0.39, 0.29) is 23.3 Å². The Balaban J connectivity index is 1.56. The van der Waals surface area contributed by atoms with Gasteiger partial charge in [-0.2, -0.15) is 0 Å². The Morgan fingerprint density at radius 2 is 1.80 bits per heavy atom. The van der Waals surface area contributed by atoms with Crippen LogP contribution in [0.5, 0.6) is 5.75 Å². The van der Waals surface area contributed by atoms with Gasteiger partial charge in [0.15, 0.2) is 0 Å². The number of rotatable bonds is 3. The first-order valence-electron chi connectivity index (χ1n) is 8.18. The third-order valence-electron chi connectivity index (χ3n) is 4.33. The van der Waals surface area contributed by atoms with Gasteiger partial charge in [-0.05, 0) is 43.2 Å². The van der Waals surface area contributed by atoms with Gasteiger partial charge in [0.1, 0.15) is 11.6 Å². The molecule has 0 atom stereocenters. The number of nitrogens with one attached hydrogen (secondary N) is 1. The van der Waals surface area contributed by atoms with E-state index in [4.69, 9.17) is 0 Å². The number of phenolic OH excluding ortho intramolecular Hbond substituents is 1. The Bertz CT molecular complexity index is 786. The predicted molar refractivity (Wildman–Crippen MR) is 90.9 cm³/mol. The van der Waals surface area contributed by atoms with E-state index in [2.05, 4.69) is 5.32 Å². The number of phenols is 1. The number of likely N-dealkylation sites (tertiary alicyclic amines) is 1. The van der Waals surface area contributed by atoms with Gasteiger partial charge in [0.2, 0.25) is 0 Å². The molecular formula is C19H19FN2O3. The van der Waals surface area contributed by atoms with Gasteiger partial charge in [-0.25, -0.2) is 4.39 Å². The SMILES string of the molecule is O=C(NC1CCN(C(=O)c2cccc(O)c2)CC1)c1ccccc1F. The van der Waals surface area contributed by atoms with Crippen molar-refractivity contribution in [3.8, 4) is 5.75 Å². The molecule has 3 rings (SSSR count). The van der Waals surface area contributed by atoms with Crippen LogP contribution in [-0.4, -0.2) is 41.0 Å². The third kappa shape index (κ3) is 3.96. The fourth-order valence-electron chi connectivity index (χ4n) is 2.96. The molecule has 1 aliphatic rings. The Hall–Kier alpha value is -2.89. The van der Waals surface area contributed by atoms with Crippen LogP contribution in [0.1, 0.15) is 33.6 Å². The standard InChI is InChI=1S/C19H19FN2O3/c20-17-7-2-1-6-16(17)18(24)21-14-8-10-22(11-9-14)19(25)13-4-3-5-15(23)12-13/h1-7,12,14,23H,8-11H2,(H,21,24). The van der Waals surface area contributed by atoms with Crippen LogP contribution in [0.15, 0.2) is 48.5 Å². The summed E-state index contributed by atoms with van der Waals surface area (Å²) in [5.74, 6) is -1.07. The van der Waals surface area contributed by atoms with E-state index in [1.165, 1.54) is 30.3 Å². The number of hydrogen-bond donors (Lipinski definition) is 2. The van der Waals surface area contributed by atoms with Crippen molar-refractivity contribution in [3.63, 3.8) is 0 Å². The van der Waals surface area contributed by atoms with Crippen LogP contribution in [0.4, 0.5) is 4.39 Å². The Labute approximate surface area is 145 Å². The number of nitrogens with zero attached hydrogens (tertiary/aromatic N) is 1. The molecule has 2 amide bonds. The molecule has 130 valence electrons. The van der Waals surface area contributed by atoms with E-state index >= 15 is 0 Å². The number of piperidine rings is 1. The lowest BCUT2D eigenvalue weighted by atomic mass is 10.0. The third-order valence-corrected chi connectivity index (χ3v) is 4.33. The molecule has 0 saturated carbocycles. The molecule has 2 aromatic carbocycles. The highest BCUT2D eigenvalue weighted by Gasteiger charge is 2.25. The first-order chi connectivity index (χ1) is 12.0. The van der Waals surface area contributed by atoms with Crippen LogP contribution >= 0.6 is 0 Å². The molecule has 2 aromatic rings. The summed E-state index contributed by atoms with van der Waals surface area (Å²) in [5, 5.41) is 12.3. The van der Waals surface area contributed by atoms with Gasteiger partial charge >= 0.3 is 0 Å². The van der Waals surface area contributed by atoms with E-state index in [1.54, 1.807) is 23.1 Å². The molecule has 0 radical (unpaired) electrons. The van der Waals surface area contributed by atoms with Gasteiger partial charge in [0, 0.05) is 24.7 Å². The van der Waals surface area contributed by atoms with Gasteiger partial charge in [-0.15, -0.1) is 0 Å². The minimum Gasteiger partial charge on any atom is -0.508 e. The summed E-state index contributed by atoms with van der Waals surface area (Å²) in [6.45, 7) is 0.993. The first-order valence-corrected chi connectivity index (χ1v) is 8.18. The van der Waals surface area contributed by atoms with Crippen LogP contribution in [0.3, 0.4) is 0 Å². The molecule has 1 heterocycles. The largest absolute Gasteiger partial charge is 0.508 e. The summed E-state index contributed by atoms with van der Waals surface area (Å²) >= 11 is 0. The van der Waals surface area contributed by atoms with Crippen LogP contribution < -0.4 is 5.32 Å². The number of halogens is 1. The quantitative estimate of drug-likeness (QED) is 0.901. The van der Waals surface area contributed by atoms with E-state index in [0.717, 1.165) is 0 Å². The molecule has 25 heavy (non-hydrogen) atoms. The van der Waals surface area contributed by atoms with Crippen molar-refractivity contribution >= 4 is 11.8 Å². The summed E-state index contributed by atoms with van der Waals surface area (Å²) in [6, 6.07) is 12.0. The fourth-order valence-corrected chi connectivity index (χ4v) is 2.96.